The van der Waals surface area contributed by atoms with E-state index in [1.54, 1.807) is 13.0 Å². The van der Waals surface area contributed by atoms with E-state index < -0.39 is 15.8 Å². The molecule has 0 radical (unpaired) electrons. The van der Waals surface area contributed by atoms with Crippen molar-refractivity contribution in [1.82, 2.24) is 0 Å². The average Bonchev–Trinajstić information content (AvgIpc) is 2.41. The third kappa shape index (κ3) is 3.61. The smallest absolute Gasteiger partial charge is 0.262 e. The number of hydrogen-bond donors (Lipinski definition) is 2. The highest BCUT2D eigenvalue weighted by molar-refractivity contribution is 9.10. The van der Waals surface area contributed by atoms with Gasteiger partial charge in [-0.15, -0.1) is 0 Å². The highest BCUT2D eigenvalue weighted by atomic mass is 79.9. The molecule has 0 fully saturated rings. The second-order valence-corrected chi connectivity index (χ2v) is 6.98. The van der Waals surface area contributed by atoms with Crippen LogP contribution in [0.1, 0.15) is 11.1 Å². The lowest BCUT2D eigenvalue weighted by atomic mass is 10.2. The molecule has 0 spiro atoms. The van der Waals surface area contributed by atoms with E-state index in [2.05, 4.69) is 20.7 Å². The van der Waals surface area contributed by atoms with Crippen molar-refractivity contribution >= 4 is 31.6 Å². The Bertz CT molecular complexity index is 778. The number of rotatable bonds is 4. The second kappa shape index (κ2) is 6.13. The van der Waals surface area contributed by atoms with Crippen LogP contribution in [-0.2, 0) is 16.6 Å². The van der Waals surface area contributed by atoms with Crippen molar-refractivity contribution in [2.24, 2.45) is 0 Å². The minimum atomic E-state index is -3.87. The minimum absolute atomic E-state index is 0.0326. The Morgan fingerprint density at radius 2 is 2.00 bits per heavy atom. The number of sulfonamides is 1. The monoisotopic (exact) mass is 373 g/mol. The van der Waals surface area contributed by atoms with Crippen LogP contribution < -0.4 is 4.72 Å². The summed E-state index contributed by atoms with van der Waals surface area (Å²) in [5.74, 6) is -0.530. The Labute approximate surface area is 130 Å². The van der Waals surface area contributed by atoms with Gasteiger partial charge in [0.2, 0.25) is 0 Å². The van der Waals surface area contributed by atoms with Crippen LogP contribution in [0.25, 0.3) is 0 Å². The lowest BCUT2D eigenvalue weighted by molar-refractivity contribution is 0.281. The number of anilines is 1. The summed E-state index contributed by atoms with van der Waals surface area (Å²) in [5.41, 5.74) is 1.11. The number of nitrogens with one attached hydrogen (secondary N) is 1. The van der Waals surface area contributed by atoms with Crippen molar-refractivity contribution in [2.45, 2.75) is 18.4 Å². The number of hydrogen-bond acceptors (Lipinski definition) is 3. The Morgan fingerprint density at radius 1 is 1.29 bits per heavy atom. The molecule has 21 heavy (non-hydrogen) atoms. The molecule has 2 N–H and O–H groups in total. The Morgan fingerprint density at radius 3 is 2.62 bits per heavy atom. The number of aliphatic hydroxyl groups is 1. The molecule has 0 heterocycles. The molecule has 0 amide bonds. The SMILES string of the molecule is Cc1c(Br)cc(CO)cc1S(=O)(=O)Nc1cccc(F)c1. The molecule has 2 rings (SSSR count). The molecule has 0 saturated carbocycles. The maximum atomic E-state index is 13.1. The molecule has 112 valence electrons. The fourth-order valence-corrected chi connectivity index (χ4v) is 3.85. The minimum Gasteiger partial charge on any atom is -0.392 e. The van der Waals surface area contributed by atoms with Gasteiger partial charge in [-0.05, 0) is 48.4 Å². The van der Waals surface area contributed by atoms with Gasteiger partial charge >= 0.3 is 0 Å². The zero-order valence-electron chi connectivity index (χ0n) is 11.1. The number of halogens is 2. The van der Waals surface area contributed by atoms with E-state index >= 15 is 0 Å². The summed E-state index contributed by atoms with van der Waals surface area (Å²) in [5, 5.41) is 9.18. The third-order valence-corrected chi connectivity index (χ3v) is 5.24. The average molecular weight is 374 g/mol. The Hall–Kier alpha value is -1.44. The van der Waals surface area contributed by atoms with Gasteiger partial charge in [0.1, 0.15) is 5.82 Å². The summed E-state index contributed by atoms with van der Waals surface area (Å²) < 4.78 is 40.9. The predicted molar refractivity (Wildman–Crippen MR) is 82.0 cm³/mol. The van der Waals surface area contributed by atoms with Gasteiger partial charge in [0.05, 0.1) is 17.2 Å². The molecule has 0 bridgehead atoms. The molecule has 0 atom stereocenters. The standard InChI is InChI=1S/C14H13BrFNO3S/c1-9-13(15)5-10(8-18)6-14(9)21(19,20)17-12-4-2-3-11(16)7-12/h2-7,17-18H,8H2,1H3. The van der Waals surface area contributed by atoms with Crippen LogP contribution in [0.3, 0.4) is 0 Å². The van der Waals surface area contributed by atoms with Gasteiger partial charge in [-0.25, -0.2) is 12.8 Å². The van der Waals surface area contributed by atoms with Crippen LogP contribution in [0.4, 0.5) is 10.1 Å². The highest BCUT2D eigenvalue weighted by Crippen LogP contribution is 2.27. The van der Waals surface area contributed by atoms with Crippen molar-refractivity contribution < 1.29 is 17.9 Å². The van der Waals surface area contributed by atoms with Crippen LogP contribution in [0.2, 0.25) is 0 Å². The molecule has 0 aliphatic rings. The molecular weight excluding hydrogens is 361 g/mol. The van der Waals surface area contributed by atoms with Gasteiger partial charge in [-0.1, -0.05) is 22.0 Å². The van der Waals surface area contributed by atoms with Crippen LogP contribution >= 0.6 is 15.9 Å². The van der Waals surface area contributed by atoms with Crippen LogP contribution in [0.5, 0.6) is 0 Å². The Kier molecular flexibility index (Phi) is 4.65. The lowest BCUT2D eigenvalue weighted by Gasteiger charge is -2.13. The van der Waals surface area contributed by atoms with E-state index in [1.165, 1.54) is 24.3 Å². The van der Waals surface area contributed by atoms with Crippen LogP contribution in [0, 0.1) is 12.7 Å². The fraction of sp³-hybridized carbons (Fsp3) is 0.143. The van der Waals surface area contributed by atoms with E-state index in [1.807, 2.05) is 0 Å². The van der Waals surface area contributed by atoms with Gasteiger partial charge in [-0.3, -0.25) is 4.72 Å². The molecule has 0 aromatic heterocycles. The Balaban J connectivity index is 2.47. The fourth-order valence-electron chi connectivity index (χ4n) is 1.84. The molecule has 4 nitrogen and oxygen atoms in total. The first-order valence-electron chi connectivity index (χ1n) is 6.02. The van der Waals surface area contributed by atoms with Gasteiger partial charge in [0.15, 0.2) is 0 Å². The van der Waals surface area contributed by atoms with Crippen molar-refractivity contribution in [3.63, 3.8) is 0 Å². The molecule has 0 aliphatic carbocycles. The predicted octanol–water partition coefficient (Wildman–Crippen LogP) is 3.19. The summed E-state index contributed by atoms with van der Waals surface area (Å²) in [6.45, 7) is 1.37. The van der Waals surface area contributed by atoms with E-state index in [-0.39, 0.29) is 17.2 Å². The molecule has 0 saturated heterocycles. The van der Waals surface area contributed by atoms with Crippen molar-refractivity contribution in [2.75, 3.05) is 4.72 Å². The van der Waals surface area contributed by atoms with E-state index in [4.69, 9.17) is 0 Å². The second-order valence-electron chi connectivity index (χ2n) is 4.47. The van der Waals surface area contributed by atoms with Gasteiger partial charge in [0.25, 0.3) is 10.0 Å². The summed E-state index contributed by atoms with van der Waals surface area (Å²) >= 11 is 3.26. The quantitative estimate of drug-likeness (QED) is 0.864. The summed E-state index contributed by atoms with van der Waals surface area (Å²) in [6, 6.07) is 8.24. The highest BCUT2D eigenvalue weighted by Gasteiger charge is 2.19. The van der Waals surface area contributed by atoms with Crippen LogP contribution in [-0.4, -0.2) is 13.5 Å². The van der Waals surface area contributed by atoms with Crippen molar-refractivity contribution in [1.29, 1.82) is 0 Å². The number of benzene rings is 2. The maximum absolute atomic E-state index is 13.1. The van der Waals surface area contributed by atoms with Gasteiger partial charge in [-0.2, -0.15) is 0 Å². The van der Waals surface area contributed by atoms with E-state index in [0.717, 1.165) is 6.07 Å². The largest absolute Gasteiger partial charge is 0.392 e. The van der Waals surface area contributed by atoms with Gasteiger partial charge < -0.3 is 5.11 Å². The molecule has 2 aromatic carbocycles. The summed E-state index contributed by atoms with van der Waals surface area (Å²) in [4.78, 5) is 0.0326. The first-order chi connectivity index (χ1) is 9.83. The molecule has 0 unspecified atom stereocenters. The third-order valence-electron chi connectivity index (χ3n) is 2.91. The van der Waals surface area contributed by atoms with Crippen molar-refractivity contribution in [3.05, 3.63) is 57.8 Å². The zero-order valence-corrected chi connectivity index (χ0v) is 13.5. The maximum Gasteiger partial charge on any atom is 0.262 e. The first kappa shape index (κ1) is 15.9. The molecule has 0 aliphatic heterocycles. The summed E-state index contributed by atoms with van der Waals surface area (Å²) in [6.07, 6.45) is 0. The summed E-state index contributed by atoms with van der Waals surface area (Å²) in [7, 11) is -3.87. The van der Waals surface area contributed by atoms with Crippen molar-refractivity contribution in [3.8, 4) is 0 Å². The first-order valence-corrected chi connectivity index (χ1v) is 8.29. The zero-order chi connectivity index (χ0) is 15.6. The molecule has 2 aromatic rings. The van der Waals surface area contributed by atoms with Gasteiger partial charge in [0, 0.05) is 4.47 Å². The van der Waals surface area contributed by atoms with E-state index in [9.17, 15) is 17.9 Å². The van der Waals surface area contributed by atoms with Crippen LogP contribution in [0.15, 0.2) is 45.8 Å². The molecule has 7 heteroatoms. The number of aliphatic hydroxyl groups excluding tert-OH is 1. The normalized spacial score (nSPS) is 11.4. The lowest BCUT2D eigenvalue weighted by Crippen LogP contribution is -2.15. The topological polar surface area (TPSA) is 66.4 Å². The molecular formula is C14H13BrFNO3S. The van der Waals surface area contributed by atoms with E-state index in [0.29, 0.717) is 15.6 Å².